The summed E-state index contributed by atoms with van der Waals surface area (Å²) in [6, 6.07) is 2.70. The van der Waals surface area contributed by atoms with E-state index in [1.165, 1.54) is 17.1 Å². The topological polar surface area (TPSA) is 27.8 Å². The normalized spacial score (nSPS) is 13.1. The van der Waals surface area contributed by atoms with E-state index in [1.54, 1.807) is 0 Å². The second-order valence-corrected chi connectivity index (χ2v) is 4.48. The molecule has 2 N–H and O–H groups in total. The zero-order valence-corrected chi connectivity index (χ0v) is 9.16. The zero-order chi connectivity index (χ0) is 9.52. The molecule has 1 heterocycles. The molecular weight excluding hydrogens is 180 g/mol. The van der Waals surface area contributed by atoms with Crippen molar-refractivity contribution in [2.24, 2.45) is 0 Å². The van der Waals surface area contributed by atoms with Gasteiger partial charge in [0.1, 0.15) is 0 Å². The molecule has 0 amide bonds. The summed E-state index contributed by atoms with van der Waals surface area (Å²) < 4.78 is 0. The molecule has 0 bridgehead atoms. The molecule has 0 aliphatic rings. The fourth-order valence-electron chi connectivity index (χ4n) is 1.11. The van der Waals surface area contributed by atoms with Crippen molar-refractivity contribution in [2.75, 3.05) is 11.5 Å². The molecule has 3 heteroatoms. The van der Waals surface area contributed by atoms with E-state index < -0.39 is 0 Å². The maximum absolute atomic E-state index is 3.48. The van der Waals surface area contributed by atoms with Crippen LogP contribution >= 0.6 is 11.8 Å². The van der Waals surface area contributed by atoms with Crippen molar-refractivity contribution in [3.05, 3.63) is 24.0 Å². The second-order valence-electron chi connectivity index (χ2n) is 3.16. The van der Waals surface area contributed by atoms with Gasteiger partial charge in [0.2, 0.25) is 0 Å². The molecule has 0 fully saturated rings. The Kier molecular flexibility index (Phi) is 5.01. The Labute approximate surface area is 84.5 Å². The van der Waals surface area contributed by atoms with Gasteiger partial charge in [-0.05, 0) is 24.3 Å². The summed E-state index contributed by atoms with van der Waals surface area (Å²) in [5.41, 5.74) is 1.33. The molecule has 1 rings (SSSR count). The minimum absolute atomic E-state index is 0.597. The van der Waals surface area contributed by atoms with E-state index in [-0.39, 0.29) is 0 Å². The van der Waals surface area contributed by atoms with Gasteiger partial charge in [-0.1, -0.05) is 6.92 Å². The largest absolute Gasteiger partial charge is 0.367 e. The average Bonchev–Trinajstić information content (AvgIpc) is 2.64. The first-order valence-corrected chi connectivity index (χ1v) is 5.91. The van der Waals surface area contributed by atoms with Gasteiger partial charge in [-0.3, -0.25) is 0 Å². The van der Waals surface area contributed by atoms with Crippen molar-refractivity contribution >= 4 is 11.8 Å². The molecule has 0 saturated heterocycles. The van der Waals surface area contributed by atoms with Crippen LogP contribution in [0.15, 0.2) is 18.5 Å². The monoisotopic (exact) mass is 198 g/mol. The quantitative estimate of drug-likeness (QED) is 0.733. The molecule has 1 aromatic heterocycles. The standard InChI is InChI=1S/C10H18N2S/c1-3-13-8-9(2)12-7-10-4-5-11-6-10/h4-6,9,11-12H,3,7-8H2,1-2H3. The Balaban J connectivity index is 2.11. The van der Waals surface area contributed by atoms with E-state index in [0.29, 0.717) is 6.04 Å². The smallest absolute Gasteiger partial charge is 0.0223 e. The van der Waals surface area contributed by atoms with Crippen LogP contribution in [0.2, 0.25) is 0 Å². The van der Waals surface area contributed by atoms with E-state index in [2.05, 4.69) is 30.2 Å². The Morgan fingerprint density at radius 3 is 3.08 bits per heavy atom. The summed E-state index contributed by atoms with van der Waals surface area (Å²) in [6.07, 6.45) is 4.00. The highest BCUT2D eigenvalue weighted by molar-refractivity contribution is 7.99. The zero-order valence-electron chi connectivity index (χ0n) is 8.34. The SMILES string of the molecule is CCSCC(C)NCc1cc[nH]c1. The fourth-order valence-corrected chi connectivity index (χ4v) is 1.82. The Bertz CT molecular complexity index is 209. The van der Waals surface area contributed by atoms with Crippen molar-refractivity contribution in [2.45, 2.75) is 26.4 Å². The number of thioether (sulfide) groups is 1. The summed E-state index contributed by atoms with van der Waals surface area (Å²) in [4.78, 5) is 3.05. The lowest BCUT2D eigenvalue weighted by atomic mass is 10.3. The predicted octanol–water partition coefficient (Wildman–Crippen LogP) is 2.25. The van der Waals surface area contributed by atoms with Gasteiger partial charge in [-0.25, -0.2) is 0 Å². The van der Waals surface area contributed by atoms with Crippen molar-refractivity contribution in [1.82, 2.24) is 10.3 Å². The minimum atomic E-state index is 0.597. The van der Waals surface area contributed by atoms with Gasteiger partial charge in [-0.15, -0.1) is 0 Å². The van der Waals surface area contributed by atoms with Crippen LogP contribution in [0.1, 0.15) is 19.4 Å². The molecule has 1 atom stereocenters. The van der Waals surface area contributed by atoms with Crippen molar-refractivity contribution in [3.63, 3.8) is 0 Å². The number of H-pyrrole nitrogens is 1. The van der Waals surface area contributed by atoms with Crippen LogP contribution < -0.4 is 5.32 Å². The lowest BCUT2D eigenvalue weighted by Crippen LogP contribution is -2.27. The lowest BCUT2D eigenvalue weighted by molar-refractivity contribution is 0.596. The molecule has 1 unspecified atom stereocenters. The first kappa shape index (κ1) is 10.7. The van der Waals surface area contributed by atoms with E-state index >= 15 is 0 Å². The maximum Gasteiger partial charge on any atom is 0.0223 e. The molecule has 1 aromatic rings. The number of hydrogen-bond donors (Lipinski definition) is 2. The Hall–Kier alpha value is -0.410. The van der Waals surface area contributed by atoms with Gasteiger partial charge >= 0.3 is 0 Å². The van der Waals surface area contributed by atoms with Gasteiger partial charge < -0.3 is 10.3 Å². The summed E-state index contributed by atoms with van der Waals surface area (Å²) in [5, 5.41) is 3.48. The first-order chi connectivity index (χ1) is 6.33. The molecule has 0 radical (unpaired) electrons. The van der Waals surface area contributed by atoms with Gasteiger partial charge in [0.25, 0.3) is 0 Å². The lowest BCUT2D eigenvalue weighted by Gasteiger charge is -2.11. The number of aromatic amines is 1. The molecule has 0 aliphatic heterocycles. The molecular formula is C10H18N2S. The highest BCUT2D eigenvalue weighted by atomic mass is 32.2. The van der Waals surface area contributed by atoms with E-state index in [0.717, 1.165) is 6.54 Å². The number of nitrogens with one attached hydrogen (secondary N) is 2. The van der Waals surface area contributed by atoms with Crippen LogP contribution in [-0.2, 0) is 6.54 Å². The van der Waals surface area contributed by atoms with Gasteiger partial charge in [0.15, 0.2) is 0 Å². The number of rotatable bonds is 6. The highest BCUT2D eigenvalue weighted by Crippen LogP contribution is 2.02. The minimum Gasteiger partial charge on any atom is -0.367 e. The number of aromatic nitrogens is 1. The number of hydrogen-bond acceptors (Lipinski definition) is 2. The molecule has 0 aliphatic carbocycles. The molecule has 13 heavy (non-hydrogen) atoms. The summed E-state index contributed by atoms with van der Waals surface area (Å²) in [6.45, 7) is 5.40. The van der Waals surface area contributed by atoms with Crippen LogP contribution in [0.3, 0.4) is 0 Å². The maximum atomic E-state index is 3.48. The van der Waals surface area contributed by atoms with Crippen molar-refractivity contribution in [3.8, 4) is 0 Å². The Morgan fingerprint density at radius 1 is 1.62 bits per heavy atom. The van der Waals surface area contributed by atoms with Crippen LogP contribution in [0.5, 0.6) is 0 Å². The molecule has 0 aromatic carbocycles. The molecule has 0 saturated carbocycles. The predicted molar refractivity (Wildman–Crippen MR) is 60.1 cm³/mol. The fraction of sp³-hybridized carbons (Fsp3) is 0.600. The van der Waals surface area contributed by atoms with E-state index in [4.69, 9.17) is 0 Å². The summed E-state index contributed by atoms with van der Waals surface area (Å²) in [5.74, 6) is 2.40. The highest BCUT2D eigenvalue weighted by Gasteiger charge is 2.00. The Morgan fingerprint density at radius 2 is 2.46 bits per heavy atom. The van der Waals surface area contributed by atoms with E-state index in [9.17, 15) is 0 Å². The second kappa shape index (κ2) is 6.11. The molecule has 74 valence electrons. The third kappa shape index (κ3) is 4.39. The molecule has 2 nitrogen and oxygen atoms in total. The van der Waals surface area contributed by atoms with Crippen LogP contribution in [0.25, 0.3) is 0 Å². The van der Waals surface area contributed by atoms with Crippen molar-refractivity contribution in [1.29, 1.82) is 0 Å². The summed E-state index contributed by atoms with van der Waals surface area (Å²) >= 11 is 1.98. The third-order valence-electron chi connectivity index (χ3n) is 1.89. The van der Waals surface area contributed by atoms with E-state index in [1.807, 2.05) is 24.2 Å². The van der Waals surface area contributed by atoms with Gasteiger partial charge in [-0.2, -0.15) is 11.8 Å². The van der Waals surface area contributed by atoms with Crippen LogP contribution in [0.4, 0.5) is 0 Å². The average molecular weight is 198 g/mol. The van der Waals surface area contributed by atoms with Crippen LogP contribution in [-0.4, -0.2) is 22.5 Å². The first-order valence-electron chi connectivity index (χ1n) is 4.75. The molecule has 0 spiro atoms. The van der Waals surface area contributed by atoms with Gasteiger partial charge in [0, 0.05) is 30.7 Å². The van der Waals surface area contributed by atoms with Gasteiger partial charge in [0.05, 0.1) is 0 Å². The van der Waals surface area contributed by atoms with Crippen LogP contribution in [0, 0.1) is 0 Å². The third-order valence-corrected chi connectivity index (χ3v) is 3.03. The summed E-state index contributed by atoms with van der Waals surface area (Å²) in [7, 11) is 0. The van der Waals surface area contributed by atoms with Crippen molar-refractivity contribution < 1.29 is 0 Å².